The molecule has 88 valence electrons. The minimum atomic E-state index is -0.320. The summed E-state index contributed by atoms with van der Waals surface area (Å²) in [7, 11) is 2.00. The normalized spacial score (nSPS) is 27.6. The van der Waals surface area contributed by atoms with E-state index in [2.05, 4.69) is 5.32 Å². The third-order valence-corrected chi connectivity index (χ3v) is 3.74. The van der Waals surface area contributed by atoms with E-state index in [0.29, 0.717) is 12.0 Å². The van der Waals surface area contributed by atoms with E-state index < -0.39 is 0 Å². The molecule has 1 fully saturated rings. The Hall–Kier alpha value is -0.860. The first kappa shape index (κ1) is 11.6. The lowest BCUT2D eigenvalue weighted by molar-refractivity contribution is 0.0639. The molecule has 1 aliphatic rings. The summed E-state index contributed by atoms with van der Waals surface area (Å²) in [5.74, 6) is 0.362. The minimum absolute atomic E-state index is 0.320. The highest BCUT2D eigenvalue weighted by atomic mass is 16.3. The predicted octanol–water partition coefficient (Wildman–Crippen LogP) is 2.50. The van der Waals surface area contributed by atoms with Crippen LogP contribution in [0, 0.1) is 5.92 Å². The van der Waals surface area contributed by atoms with E-state index in [-0.39, 0.29) is 6.10 Å². The quantitative estimate of drug-likeness (QED) is 0.818. The molecule has 2 rings (SSSR count). The number of nitrogens with one attached hydrogen (secondary N) is 1. The molecular formula is C14H21NO. The second kappa shape index (κ2) is 5.46. The van der Waals surface area contributed by atoms with Gasteiger partial charge in [0.25, 0.3) is 0 Å². The standard InChI is InChI=1S/C14H21NO/c1-15-13-10-6-5-9-12(13)14(16)11-7-3-2-4-8-11/h2-4,7-8,12-16H,5-6,9-10H2,1H3/t12-,13-,14+/m1/s1. The number of rotatable bonds is 3. The van der Waals surface area contributed by atoms with Crippen LogP contribution in [0.5, 0.6) is 0 Å². The summed E-state index contributed by atoms with van der Waals surface area (Å²) in [6.07, 6.45) is 4.52. The van der Waals surface area contributed by atoms with Crippen molar-refractivity contribution in [2.75, 3.05) is 7.05 Å². The average molecular weight is 219 g/mol. The van der Waals surface area contributed by atoms with E-state index >= 15 is 0 Å². The summed E-state index contributed by atoms with van der Waals surface area (Å²) in [5.41, 5.74) is 1.05. The zero-order chi connectivity index (χ0) is 11.4. The number of aliphatic hydroxyl groups excluding tert-OH is 1. The van der Waals surface area contributed by atoms with Crippen LogP contribution in [0.25, 0.3) is 0 Å². The Labute approximate surface area is 97.7 Å². The first-order chi connectivity index (χ1) is 7.83. The smallest absolute Gasteiger partial charge is 0.0833 e. The van der Waals surface area contributed by atoms with Gasteiger partial charge >= 0.3 is 0 Å². The van der Waals surface area contributed by atoms with E-state index in [1.54, 1.807) is 0 Å². The fraction of sp³-hybridized carbons (Fsp3) is 0.571. The van der Waals surface area contributed by atoms with Gasteiger partial charge in [0.15, 0.2) is 0 Å². The van der Waals surface area contributed by atoms with Gasteiger partial charge in [0, 0.05) is 12.0 Å². The van der Waals surface area contributed by atoms with E-state index in [1.807, 2.05) is 37.4 Å². The number of hydrogen-bond donors (Lipinski definition) is 2. The summed E-state index contributed by atoms with van der Waals surface area (Å²) in [6, 6.07) is 10.5. The first-order valence-corrected chi connectivity index (χ1v) is 6.23. The SMILES string of the molecule is CN[C@@H]1CCCC[C@H]1[C@@H](O)c1ccccc1. The van der Waals surface area contributed by atoms with Crippen LogP contribution in [0.2, 0.25) is 0 Å². The fourth-order valence-electron chi connectivity index (χ4n) is 2.79. The molecule has 2 nitrogen and oxygen atoms in total. The molecule has 0 amide bonds. The molecule has 0 unspecified atom stereocenters. The van der Waals surface area contributed by atoms with Crippen LogP contribution in [0.1, 0.15) is 37.4 Å². The Morgan fingerprint density at radius 3 is 2.56 bits per heavy atom. The molecular weight excluding hydrogens is 198 g/mol. The maximum absolute atomic E-state index is 10.4. The molecule has 2 N–H and O–H groups in total. The summed E-state index contributed by atoms with van der Waals surface area (Å²) >= 11 is 0. The average Bonchev–Trinajstić information content (AvgIpc) is 2.39. The monoisotopic (exact) mass is 219 g/mol. The Kier molecular flexibility index (Phi) is 3.97. The van der Waals surface area contributed by atoms with Crippen molar-refractivity contribution in [1.82, 2.24) is 5.32 Å². The fourth-order valence-corrected chi connectivity index (χ4v) is 2.79. The lowest BCUT2D eigenvalue weighted by Crippen LogP contribution is -2.39. The van der Waals surface area contributed by atoms with Crippen LogP contribution >= 0.6 is 0 Å². The van der Waals surface area contributed by atoms with Crippen molar-refractivity contribution in [3.63, 3.8) is 0 Å². The molecule has 1 aromatic carbocycles. The van der Waals surface area contributed by atoms with Gasteiger partial charge < -0.3 is 10.4 Å². The van der Waals surface area contributed by atoms with Gasteiger partial charge in [-0.3, -0.25) is 0 Å². The van der Waals surface area contributed by atoms with Gasteiger partial charge in [-0.2, -0.15) is 0 Å². The van der Waals surface area contributed by atoms with Gasteiger partial charge in [-0.25, -0.2) is 0 Å². The van der Waals surface area contributed by atoms with Gasteiger partial charge in [0.1, 0.15) is 0 Å². The molecule has 0 aliphatic heterocycles. The Morgan fingerprint density at radius 2 is 1.88 bits per heavy atom. The lowest BCUT2D eigenvalue weighted by Gasteiger charge is -2.34. The molecule has 1 aliphatic carbocycles. The predicted molar refractivity (Wildman–Crippen MR) is 66.2 cm³/mol. The molecule has 1 aromatic rings. The molecule has 0 aromatic heterocycles. The van der Waals surface area contributed by atoms with Gasteiger partial charge in [0.05, 0.1) is 6.10 Å². The molecule has 0 spiro atoms. The third kappa shape index (κ3) is 2.45. The van der Waals surface area contributed by atoms with Gasteiger partial charge in [-0.1, -0.05) is 43.2 Å². The van der Waals surface area contributed by atoms with Gasteiger partial charge in [-0.15, -0.1) is 0 Å². The van der Waals surface area contributed by atoms with Crippen LogP contribution < -0.4 is 5.32 Å². The van der Waals surface area contributed by atoms with E-state index in [4.69, 9.17) is 0 Å². The molecule has 3 atom stereocenters. The highest BCUT2D eigenvalue weighted by Crippen LogP contribution is 2.34. The highest BCUT2D eigenvalue weighted by molar-refractivity contribution is 5.18. The van der Waals surface area contributed by atoms with Crippen molar-refractivity contribution >= 4 is 0 Å². The van der Waals surface area contributed by atoms with E-state index in [9.17, 15) is 5.11 Å². The first-order valence-electron chi connectivity index (χ1n) is 6.23. The van der Waals surface area contributed by atoms with Crippen molar-refractivity contribution in [2.24, 2.45) is 5.92 Å². The summed E-state index contributed by atoms with van der Waals surface area (Å²) in [6.45, 7) is 0. The molecule has 0 heterocycles. The Morgan fingerprint density at radius 1 is 1.19 bits per heavy atom. The van der Waals surface area contributed by atoms with Gasteiger partial charge in [0.2, 0.25) is 0 Å². The number of aliphatic hydroxyl groups is 1. The summed E-state index contributed by atoms with van der Waals surface area (Å²) in [5, 5.41) is 13.8. The molecule has 2 heteroatoms. The van der Waals surface area contributed by atoms with Crippen molar-refractivity contribution in [2.45, 2.75) is 37.8 Å². The summed E-state index contributed by atoms with van der Waals surface area (Å²) in [4.78, 5) is 0. The molecule has 0 bridgehead atoms. The third-order valence-electron chi connectivity index (χ3n) is 3.74. The zero-order valence-electron chi connectivity index (χ0n) is 9.89. The maximum Gasteiger partial charge on any atom is 0.0833 e. The van der Waals surface area contributed by atoms with Gasteiger partial charge in [-0.05, 0) is 25.5 Å². The van der Waals surface area contributed by atoms with Crippen molar-refractivity contribution in [1.29, 1.82) is 0 Å². The van der Waals surface area contributed by atoms with Crippen molar-refractivity contribution in [3.05, 3.63) is 35.9 Å². The van der Waals surface area contributed by atoms with Crippen LogP contribution in [0.15, 0.2) is 30.3 Å². The maximum atomic E-state index is 10.4. The minimum Gasteiger partial charge on any atom is -0.388 e. The van der Waals surface area contributed by atoms with E-state index in [0.717, 1.165) is 12.0 Å². The van der Waals surface area contributed by atoms with Crippen LogP contribution in [0.3, 0.4) is 0 Å². The Balaban J connectivity index is 2.10. The molecule has 0 radical (unpaired) electrons. The lowest BCUT2D eigenvalue weighted by atomic mass is 9.79. The van der Waals surface area contributed by atoms with Crippen molar-refractivity contribution < 1.29 is 5.11 Å². The highest BCUT2D eigenvalue weighted by Gasteiger charge is 2.30. The summed E-state index contributed by atoms with van der Waals surface area (Å²) < 4.78 is 0. The molecule has 16 heavy (non-hydrogen) atoms. The van der Waals surface area contributed by atoms with Crippen LogP contribution in [0.4, 0.5) is 0 Å². The topological polar surface area (TPSA) is 32.3 Å². The Bertz CT molecular complexity index is 312. The number of hydrogen-bond acceptors (Lipinski definition) is 2. The zero-order valence-corrected chi connectivity index (χ0v) is 9.89. The second-order valence-electron chi connectivity index (χ2n) is 4.70. The van der Waals surface area contributed by atoms with E-state index in [1.165, 1.54) is 19.3 Å². The van der Waals surface area contributed by atoms with Crippen molar-refractivity contribution in [3.8, 4) is 0 Å². The molecule has 1 saturated carbocycles. The largest absolute Gasteiger partial charge is 0.388 e. The second-order valence-corrected chi connectivity index (χ2v) is 4.70. The number of benzene rings is 1. The van der Waals surface area contributed by atoms with Crippen LogP contribution in [-0.4, -0.2) is 18.2 Å². The molecule has 0 saturated heterocycles. The van der Waals surface area contributed by atoms with Crippen LogP contribution in [-0.2, 0) is 0 Å².